The summed E-state index contributed by atoms with van der Waals surface area (Å²) in [6.07, 6.45) is 5.48. The van der Waals surface area contributed by atoms with Crippen LogP contribution >= 0.6 is 0 Å². The van der Waals surface area contributed by atoms with Crippen molar-refractivity contribution >= 4 is 29.5 Å². The molecule has 0 heterocycles. The number of nitrogens with zero attached hydrogens (tertiary/aromatic N) is 6. The van der Waals surface area contributed by atoms with Crippen LogP contribution in [-0.4, -0.2) is 90.9 Å². The van der Waals surface area contributed by atoms with Gasteiger partial charge in [0.2, 0.25) is 29.5 Å². The van der Waals surface area contributed by atoms with E-state index in [0.29, 0.717) is 58.0 Å². The van der Waals surface area contributed by atoms with Crippen LogP contribution < -0.4 is 16.0 Å². The Balaban J connectivity index is 3.97. The minimum Gasteiger partial charge on any atom is -0.356 e. The van der Waals surface area contributed by atoms with Gasteiger partial charge < -0.3 is 16.0 Å². The first-order valence-corrected chi connectivity index (χ1v) is 14.8. The Morgan fingerprint density at radius 3 is 1.23 bits per heavy atom. The largest absolute Gasteiger partial charge is 0.356 e. The molecule has 0 bridgehead atoms. The molecule has 43 heavy (non-hydrogen) atoms. The third kappa shape index (κ3) is 20.6. The first kappa shape index (κ1) is 39.1. The normalized spacial score (nSPS) is 10.4. The van der Waals surface area contributed by atoms with Gasteiger partial charge in [0, 0.05) is 65.3 Å². The molecule has 5 amide bonds. The molecule has 0 fully saturated rings. The summed E-state index contributed by atoms with van der Waals surface area (Å²) in [6.45, 7) is 3.35. The van der Waals surface area contributed by atoms with Gasteiger partial charge in [-0.15, -0.1) is 14.7 Å². The van der Waals surface area contributed by atoms with Crippen molar-refractivity contribution in [2.75, 3.05) is 46.3 Å². The summed E-state index contributed by atoms with van der Waals surface area (Å²) >= 11 is 0. The van der Waals surface area contributed by atoms with Crippen molar-refractivity contribution in [3.8, 4) is 0 Å². The average Bonchev–Trinajstić information content (AvgIpc) is 2.99. The molecule has 244 valence electrons. The van der Waals surface area contributed by atoms with E-state index in [1.54, 1.807) is 0 Å². The zero-order valence-corrected chi connectivity index (χ0v) is 25.4. The van der Waals surface area contributed by atoms with Crippen LogP contribution in [0, 0.1) is 14.7 Å². The number of amides is 5. The molecule has 0 saturated heterocycles. The van der Waals surface area contributed by atoms with Crippen molar-refractivity contribution in [2.45, 2.75) is 90.4 Å². The van der Waals surface area contributed by atoms with E-state index in [1.165, 1.54) is 6.92 Å². The Labute approximate surface area is 252 Å². The molecular formula is C26H47N9O8. The van der Waals surface area contributed by atoms with Crippen LogP contribution in [0.25, 0.3) is 0 Å². The van der Waals surface area contributed by atoms with Gasteiger partial charge in [-0.1, -0.05) is 6.42 Å². The molecule has 0 radical (unpaired) electrons. The highest BCUT2D eigenvalue weighted by Crippen LogP contribution is 2.06. The monoisotopic (exact) mass is 613 g/mol. The Morgan fingerprint density at radius 1 is 0.512 bits per heavy atom. The van der Waals surface area contributed by atoms with Crippen molar-refractivity contribution in [3.05, 3.63) is 14.7 Å². The summed E-state index contributed by atoms with van der Waals surface area (Å²) in [5.74, 6) is -2.15. The number of carbonyl (C=O) groups excluding carboxylic acids is 5. The lowest BCUT2D eigenvalue weighted by Crippen LogP contribution is -2.30. The quantitative estimate of drug-likeness (QED) is 0.0700. The summed E-state index contributed by atoms with van der Waals surface area (Å²) in [6, 6.07) is 0. The Kier molecular flexibility index (Phi) is 23.5. The number of hydrogen-bond donors (Lipinski definition) is 3. The van der Waals surface area contributed by atoms with E-state index in [0.717, 1.165) is 34.4 Å². The van der Waals surface area contributed by atoms with Crippen LogP contribution in [0.2, 0.25) is 0 Å². The first-order chi connectivity index (χ1) is 20.7. The van der Waals surface area contributed by atoms with E-state index < -0.39 is 17.7 Å². The van der Waals surface area contributed by atoms with E-state index in [9.17, 15) is 38.7 Å². The smallest absolute Gasteiger partial charge is 0.245 e. The van der Waals surface area contributed by atoms with Gasteiger partial charge in [0.15, 0.2) is 0 Å². The molecule has 0 rings (SSSR count). The van der Waals surface area contributed by atoms with E-state index >= 15 is 0 Å². The molecule has 0 aliphatic rings. The molecule has 0 aromatic heterocycles. The second-order valence-electron chi connectivity index (χ2n) is 9.91. The van der Waals surface area contributed by atoms with Gasteiger partial charge in [0.05, 0.1) is 15.9 Å². The third-order valence-electron chi connectivity index (χ3n) is 6.40. The van der Waals surface area contributed by atoms with Crippen molar-refractivity contribution < 1.29 is 24.0 Å². The van der Waals surface area contributed by atoms with Crippen LogP contribution in [0.3, 0.4) is 0 Å². The van der Waals surface area contributed by atoms with Gasteiger partial charge in [0.1, 0.15) is 0 Å². The van der Waals surface area contributed by atoms with E-state index in [4.69, 9.17) is 0 Å². The number of unbranched alkanes of at least 4 members (excludes halogenated alkanes) is 6. The minimum atomic E-state index is -0.564. The molecule has 0 aliphatic heterocycles. The number of nitrogens with one attached hydrogen (secondary N) is 3. The fourth-order valence-electron chi connectivity index (χ4n) is 3.88. The standard InChI is InChI=1S/C26H47N9O8/c1-22(36)33(30-41)19-9-4-7-17-28-23(37)13-15-26(40)35(32-43)21-11-5-8-18-29-24(38)12-14-25(39)34(31-42)20-10-3-6-16-27-2/h27H,3-21H2,1-2H3,(H,28,37)(H,29,38). The van der Waals surface area contributed by atoms with Crippen molar-refractivity contribution in [2.24, 2.45) is 15.9 Å². The molecule has 0 unspecified atom stereocenters. The molecule has 0 aliphatic carbocycles. The SMILES string of the molecule is CNCCCCCN(N=O)C(=O)CCC(=O)NCCCCCN(N=O)C(=O)CCC(=O)NCCCCCN(N=O)C(C)=O. The Bertz CT molecular complexity index is 891. The molecule has 17 nitrogen and oxygen atoms in total. The maximum atomic E-state index is 12.2. The highest BCUT2D eigenvalue weighted by Gasteiger charge is 2.17. The van der Waals surface area contributed by atoms with Crippen LogP contribution in [-0.2, 0) is 24.0 Å². The molecule has 0 saturated carbocycles. The fraction of sp³-hybridized carbons (Fsp3) is 0.808. The molecule has 0 aromatic carbocycles. The van der Waals surface area contributed by atoms with Gasteiger partial charge in [0.25, 0.3) is 0 Å². The zero-order chi connectivity index (χ0) is 32.3. The lowest BCUT2D eigenvalue weighted by Gasteiger charge is -2.14. The zero-order valence-electron chi connectivity index (χ0n) is 25.4. The minimum absolute atomic E-state index is 0.0610. The predicted octanol–water partition coefficient (Wildman–Crippen LogP) is 2.06. The highest BCUT2D eigenvalue weighted by atomic mass is 16.3. The summed E-state index contributed by atoms with van der Waals surface area (Å²) in [5.41, 5.74) is 0. The van der Waals surface area contributed by atoms with E-state index in [2.05, 4.69) is 31.8 Å². The Morgan fingerprint density at radius 2 is 0.884 bits per heavy atom. The van der Waals surface area contributed by atoms with E-state index in [1.807, 2.05) is 7.05 Å². The number of rotatable bonds is 27. The molecule has 17 heteroatoms. The van der Waals surface area contributed by atoms with Crippen molar-refractivity contribution in [1.29, 1.82) is 0 Å². The number of hydrogen-bond acceptors (Lipinski definition) is 12. The highest BCUT2D eigenvalue weighted by molar-refractivity contribution is 5.84. The Hall–Kier alpha value is -3.89. The predicted molar refractivity (Wildman–Crippen MR) is 158 cm³/mol. The van der Waals surface area contributed by atoms with Crippen LogP contribution in [0.4, 0.5) is 0 Å². The topological polar surface area (TPSA) is 219 Å². The first-order valence-electron chi connectivity index (χ1n) is 14.8. The molecular weight excluding hydrogens is 566 g/mol. The maximum absolute atomic E-state index is 12.2. The summed E-state index contributed by atoms with van der Waals surface area (Å²) in [7, 11) is 1.85. The lowest BCUT2D eigenvalue weighted by atomic mass is 10.2. The molecule has 0 spiro atoms. The lowest BCUT2D eigenvalue weighted by molar-refractivity contribution is -0.134. The summed E-state index contributed by atoms with van der Waals surface area (Å²) < 4.78 is 0. The van der Waals surface area contributed by atoms with Gasteiger partial charge in [-0.05, 0) is 65.0 Å². The van der Waals surface area contributed by atoms with Crippen molar-refractivity contribution in [1.82, 2.24) is 31.0 Å². The molecule has 0 aromatic rings. The summed E-state index contributed by atoms with van der Waals surface area (Å²) in [4.78, 5) is 91.8. The summed E-state index contributed by atoms with van der Waals surface area (Å²) in [5, 5.41) is 19.0. The van der Waals surface area contributed by atoms with Gasteiger partial charge in [-0.2, -0.15) is 15.0 Å². The second-order valence-corrected chi connectivity index (χ2v) is 9.91. The maximum Gasteiger partial charge on any atom is 0.245 e. The second kappa shape index (κ2) is 25.8. The van der Waals surface area contributed by atoms with Gasteiger partial charge in [-0.3, -0.25) is 24.0 Å². The van der Waals surface area contributed by atoms with Crippen LogP contribution in [0.5, 0.6) is 0 Å². The van der Waals surface area contributed by atoms with E-state index in [-0.39, 0.29) is 57.1 Å². The molecule has 3 N–H and O–H groups in total. The van der Waals surface area contributed by atoms with Gasteiger partial charge in [-0.25, -0.2) is 0 Å². The average molecular weight is 614 g/mol. The van der Waals surface area contributed by atoms with Gasteiger partial charge >= 0.3 is 0 Å². The number of carbonyl (C=O) groups is 5. The van der Waals surface area contributed by atoms with Crippen LogP contribution in [0.15, 0.2) is 15.9 Å². The van der Waals surface area contributed by atoms with Crippen LogP contribution in [0.1, 0.15) is 90.4 Å². The fourth-order valence-corrected chi connectivity index (χ4v) is 3.88. The number of nitroso groups, excluding NO2 is 3. The third-order valence-corrected chi connectivity index (χ3v) is 6.40. The van der Waals surface area contributed by atoms with Crippen molar-refractivity contribution in [3.63, 3.8) is 0 Å². The molecule has 0 atom stereocenters.